The molecule has 4 nitrogen and oxygen atoms in total. The van der Waals surface area contributed by atoms with Gasteiger partial charge in [-0.05, 0) is 49.8 Å². The number of amidine groups is 1. The molecular formula is C18H17ClN2O2S. The van der Waals surface area contributed by atoms with Gasteiger partial charge in [-0.3, -0.25) is 14.5 Å². The number of carbonyl (C=O) groups excluding carboxylic acids is 2. The van der Waals surface area contributed by atoms with Crippen molar-refractivity contribution in [3.8, 4) is 0 Å². The van der Waals surface area contributed by atoms with Crippen LogP contribution in [0.4, 0.5) is 0 Å². The van der Waals surface area contributed by atoms with Crippen LogP contribution in [-0.4, -0.2) is 27.0 Å². The fourth-order valence-corrected chi connectivity index (χ4v) is 4.94. The largest absolute Gasteiger partial charge is 0.298 e. The van der Waals surface area contributed by atoms with Crippen LogP contribution < -0.4 is 0 Å². The molecule has 1 aliphatic carbocycles. The summed E-state index contributed by atoms with van der Waals surface area (Å²) in [7, 11) is 0. The number of benzene rings is 1. The van der Waals surface area contributed by atoms with Gasteiger partial charge in [-0.1, -0.05) is 41.6 Å². The predicted molar refractivity (Wildman–Crippen MR) is 96.0 cm³/mol. The summed E-state index contributed by atoms with van der Waals surface area (Å²) in [5, 5.41) is 0.603. The molecule has 2 unspecified atom stereocenters. The number of nitrogens with zero attached hydrogens (tertiary/aromatic N) is 2. The monoisotopic (exact) mass is 360 g/mol. The van der Waals surface area contributed by atoms with Crippen LogP contribution in [0.2, 0.25) is 5.02 Å². The molecule has 24 heavy (non-hydrogen) atoms. The molecule has 124 valence electrons. The molecule has 0 saturated carbocycles. The van der Waals surface area contributed by atoms with Gasteiger partial charge < -0.3 is 0 Å². The highest BCUT2D eigenvalue weighted by Crippen LogP contribution is 2.48. The Balaban J connectivity index is 1.87. The van der Waals surface area contributed by atoms with E-state index in [9.17, 15) is 9.59 Å². The summed E-state index contributed by atoms with van der Waals surface area (Å²) in [5.41, 5.74) is 3.16. The number of hydrogen-bond donors (Lipinski definition) is 0. The zero-order chi connectivity index (χ0) is 16.8. The maximum atomic E-state index is 12.9. The second kappa shape index (κ2) is 6.05. The highest BCUT2D eigenvalue weighted by atomic mass is 35.5. The molecule has 1 saturated heterocycles. The van der Waals surface area contributed by atoms with Gasteiger partial charge in [0.25, 0.3) is 5.91 Å². The highest BCUT2D eigenvalue weighted by molar-refractivity contribution is 8.16. The van der Waals surface area contributed by atoms with Gasteiger partial charge in [0.05, 0.1) is 6.04 Å². The van der Waals surface area contributed by atoms with Crippen LogP contribution in [0.3, 0.4) is 0 Å². The number of thioether (sulfide) groups is 1. The number of Topliss-reactive ketones (excluding diaryl/α,β-unsaturated/α-hetero) is 1. The summed E-state index contributed by atoms with van der Waals surface area (Å²) in [6.07, 6.45) is 4.05. The van der Waals surface area contributed by atoms with Crippen molar-refractivity contribution in [2.24, 2.45) is 4.99 Å². The van der Waals surface area contributed by atoms with Crippen molar-refractivity contribution in [2.45, 2.75) is 43.9 Å². The summed E-state index contributed by atoms with van der Waals surface area (Å²) >= 11 is 7.72. The summed E-state index contributed by atoms with van der Waals surface area (Å²) < 4.78 is 0. The fourth-order valence-electron chi connectivity index (χ4n) is 3.64. The molecule has 3 aliphatic rings. The van der Waals surface area contributed by atoms with Crippen molar-refractivity contribution in [1.82, 2.24) is 4.90 Å². The summed E-state index contributed by atoms with van der Waals surface area (Å²) in [4.78, 5) is 31.2. The third-order valence-electron chi connectivity index (χ3n) is 4.76. The van der Waals surface area contributed by atoms with Gasteiger partial charge in [-0.15, -0.1) is 0 Å². The third-order valence-corrected chi connectivity index (χ3v) is 6.37. The first kappa shape index (κ1) is 15.9. The Kier molecular flexibility index (Phi) is 4.01. The van der Waals surface area contributed by atoms with Crippen LogP contribution in [0.5, 0.6) is 0 Å². The van der Waals surface area contributed by atoms with Crippen LogP contribution in [0.15, 0.2) is 40.5 Å². The standard InChI is InChI=1S/C18H17ClN2O2S/c1-10(22)16-17(23)21-15(11-6-2-4-8-13(11)19)12-7-3-5-9-14(12)20-18(21)24-16/h2,4,6,8,15-16H,3,5,7,9H2,1H3. The molecule has 4 rings (SSSR count). The first-order valence-electron chi connectivity index (χ1n) is 8.13. The van der Waals surface area contributed by atoms with E-state index in [1.165, 1.54) is 24.3 Å². The molecule has 2 atom stereocenters. The van der Waals surface area contributed by atoms with Crippen molar-refractivity contribution >= 4 is 40.2 Å². The minimum atomic E-state index is -0.685. The van der Waals surface area contributed by atoms with E-state index in [-0.39, 0.29) is 17.7 Å². The van der Waals surface area contributed by atoms with E-state index in [1.54, 1.807) is 4.90 Å². The van der Waals surface area contributed by atoms with E-state index >= 15 is 0 Å². The molecule has 1 fully saturated rings. The second-order valence-electron chi connectivity index (χ2n) is 6.31. The molecule has 0 bridgehead atoms. The van der Waals surface area contributed by atoms with Crippen LogP contribution in [0.1, 0.15) is 44.2 Å². The number of fused-ring (bicyclic) bond motifs is 1. The zero-order valence-electron chi connectivity index (χ0n) is 13.3. The Labute approximate surface area is 150 Å². The van der Waals surface area contributed by atoms with Gasteiger partial charge in [0, 0.05) is 10.7 Å². The topological polar surface area (TPSA) is 49.7 Å². The average molecular weight is 361 g/mol. The average Bonchev–Trinajstić information content (AvgIpc) is 2.90. The SMILES string of the molecule is CC(=O)C1SC2=NC3=C(CCCC3)C(c3ccccc3Cl)N2C1=O. The molecule has 1 aromatic carbocycles. The summed E-state index contributed by atoms with van der Waals surface area (Å²) in [5.74, 6) is -0.300. The normalized spacial score (nSPS) is 26.2. The van der Waals surface area contributed by atoms with Crippen molar-refractivity contribution in [2.75, 3.05) is 0 Å². The molecule has 2 aliphatic heterocycles. The maximum Gasteiger partial charge on any atom is 0.250 e. The number of ketones is 1. The number of allylic oxidation sites excluding steroid dienone is 1. The van der Waals surface area contributed by atoms with Gasteiger partial charge >= 0.3 is 0 Å². The summed E-state index contributed by atoms with van der Waals surface area (Å²) in [6, 6.07) is 7.41. The Morgan fingerprint density at radius 1 is 1.29 bits per heavy atom. The molecule has 0 spiro atoms. The number of aliphatic imine (C=N–C) groups is 1. The first-order valence-corrected chi connectivity index (χ1v) is 9.39. The van der Waals surface area contributed by atoms with Crippen LogP contribution in [0.25, 0.3) is 0 Å². The molecule has 6 heteroatoms. The predicted octanol–water partition coefficient (Wildman–Crippen LogP) is 4.11. The Morgan fingerprint density at radius 2 is 2.04 bits per heavy atom. The van der Waals surface area contributed by atoms with Crippen molar-refractivity contribution in [1.29, 1.82) is 0 Å². The Morgan fingerprint density at radius 3 is 2.79 bits per heavy atom. The minimum Gasteiger partial charge on any atom is -0.298 e. The van der Waals surface area contributed by atoms with Gasteiger partial charge in [-0.2, -0.15) is 0 Å². The van der Waals surface area contributed by atoms with E-state index in [0.717, 1.165) is 36.9 Å². The number of rotatable bonds is 2. The molecular weight excluding hydrogens is 344 g/mol. The lowest BCUT2D eigenvalue weighted by atomic mass is 9.86. The maximum absolute atomic E-state index is 12.9. The van der Waals surface area contributed by atoms with Crippen molar-refractivity contribution < 1.29 is 9.59 Å². The molecule has 1 aromatic rings. The van der Waals surface area contributed by atoms with Gasteiger partial charge in [0.1, 0.15) is 5.25 Å². The lowest BCUT2D eigenvalue weighted by Crippen LogP contribution is -2.40. The van der Waals surface area contributed by atoms with Gasteiger partial charge in [0.15, 0.2) is 11.0 Å². The van der Waals surface area contributed by atoms with E-state index in [0.29, 0.717) is 10.2 Å². The fraction of sp³-hybridized carbons (Fsp3) is 0.389. The molecule has 2 heterocycles. The van der Waals surface area contributed by atoms with Crippen molar-refractivity contribution in [3.63, 3.8) is 0 Å². The van der Waals surface area contributed by atoms with E-state index in [4.69, 9.17) is 16.6 Å². The van der Waals surface area contributed by atoms with E-state index < -0.39 is 5.25 Å². The minimum absolute atomic E-state index is 0.127. The van der Waals surface area contributed by atoms with Gasteiger partial charge in [0.2, 0.25) is 0 Å². The summed E-state index contributed by atoms with van der Waals surface area (Å²) in [6.45, 7) is 1.46. The third kappa shape index (κ3) is 2.42. The zero-order valence-corrected chi connectivity index (χ0v) is 14.9. The van der Waals surface area contributed by atoms with E-state index in [2.05, 4.69) is 0 Å². The molecule has 0 radical (unpaired) electrons. The molecule has 1 amide bonds. The van der Waals surface area contributed by atoms with Crippen molar-refractivity contribution in [3.05, 3.63) is 46.1 Å². The van der Waals surface area contributed by atoms with Crippen LogP contribution in [0, 0.1) is 0 Å². The van der Waals surface area contributed by atoms with Crippen LogP contribution in [-0.2, 0) is 9.59 Å². The lowest BCUT2D eigenvalue weighted by molar-refractivity contribution is -0.131. The van der Waals surface area contributed by atoms with Gasteiger partial charge in [-0.25, -0.2) is 4.99 Å². The quantitative estimate of drug-likeness (QED) is 0.746. The van der Waals surface area contributed by atoms with Crippen LogP contribution >= 0.6 is 23.4 Å². The number of carbonyl (C=O) groups is 2. The Hall–Kier alpha value is -1.59. The number of halogens is 1. The molecule has 0 N–H and O–H groups in total. The number of hydrogen-bond acceptors (Lipinski definition) is 4. The lowest BCUT2D eigenvalue weighted by Gasteiger charge is -2.36. The van der Waals surface area contributed by atoms with E-state index in [1.807, 2.05) is 24.3 Å². The smallest absolute Gasteiger partial charge is 0.250 e. The second-order valence-corrected chi connectivity index (χ2v) is 7.79. The molecule has 0 aromatic heterocycles. The number of amides is 1. The first-order chi connectivity index (χ1) is 11.6. The Bertz CT molecular complexity index is 802. The highest BCUT2D eigenvalue weighted by Gasteiger charge is 2.48.